The van der Waals surface area contributed by atoms with E-state index in [0.717, 1.165) is 35.1 Å². The number of aliphatic hydroxyl groups excluding tert-OH is 8. The molecule has 8 N–H and O–H groups in total. The van der Waals surface area contributed by atoms with Crippen LogP contribution in [0, 0.1) is 29.1 Å². The predicted molar refractivity (Wildman–Crippen MR) is 177 cm³/mol. The van der Waals surface area contributed by atoms with Gasteiger partial charge in [-0.1, -0.05) is 42.7 Å². The predicted octanol–water partition coefficient (Wildman–Crippen LogP) is -1.24. The van der Waals surface area contributed by atoms with E-state index in [4.69, 9.17) is 9.47 Å². The van der Waals surface area contributed by atoms with Gasteiger partial charge < -0.3 is 55.2 Å². The minimum absolute atomic E-state index is 0.184. The fourth-order valence-electron chi connectivity index (χ4n) is 7.81. The number of nitrogens with zero attached hydrogens (tertiary/aromatic N) is 1. The van der Waals surface area contributed by atoms with Crippen LogP contribution in [0.4, 0.5) is 0 Å². The minimum atomic E-state index is -1.53. The molecule has 2 aliphatic carbocycles. The van der Waals surface area contributed by atoms with E-state index in [2.05, 4.69) is 23.7 Å². The number of hydrogen-bond acceptors (Lipinski definition) is 11. The van der Waals surface area contributed by atoms with Crippen molar-refractivity contribution < 1.29 is 55.1 Å². The molecule has 0 radical (unpaired) electrons. The molecule has 1 saturated carbocycles. The van der Waals surface area contributed by atoms with Crippen LogP contribution in [0.3, 0.4) is 0 Å². The average molecular weight is 690 g/mol. The van der Waals surface area contributed by atoms with Gasteiger partial charge in [0.1, 0.15) is 61.0 Å². The molecule has 266 valence electrons. The topological polar surface area (TPSA) is 201 Å². The number of carbonyl (C=O) groups is 1. The maximum absolute atomic E-state index is 13.3. The van der Waals surface area contributed by atoms with E-state index in [1.165, 1.54) is 0 Å². The number of amides is 1. The summed E-state index contributed by atoms with van der Waals surface area (Å²) in [6, 6.07) is 11.7. The van der Waals surface area contributed by atoms with E-state index < -0.39 is 79.7 Å². The van der Waals surface area contributed by atoms with Crippen molar-refractivity contribution in [1.29, 1.82) is 0 Å². The number of rotatable bonds is 3. The molecule has 2 aromatic rings. The maximum Gasteiger partial charge on any atom is 0.228 e. The van der Waals surface area contributed by atoms with Gasteiger partial charge >= 0.3 is 0 Å². The Morgan fingerprint density at radius 3 is 1.54 bits per heavy atom. The quantitative estimate of drug-likeness (QED) is 0.179. The summed E-state index contributed by atoms with van der Waals surface area (Å²) < 4.78 is 11.2. The van der Waals surface area contributed by atoms with Gasteiger partial charge in [0.25, 0.3) is 0 Å². The molecule has 3 aliphatic heterocycles. The maximum atomic E-state index is 13.3. The van der Waals surface area contributed by atoms with Crippen LogP contribution in [0.5, 0.6) is 0 Å². The molecule has 0 bridgehead atoms. The van der Waals surface area contributed by atoms with Crippen LogP contribution in [0.25, 0.3) is 11.1 Å². The Hall–Kier alpha value is -3.37. The first-order valence-corrected chi connectivity index (χ1v) is 17.1. The Labute approximate surface area is 289 Å². The van der Waals surface area contributed by atoms with Gasteiger partial charge in [-0.25, -0.2) is 0 Å². The second kappa shape index (κ2) is 13.3. The van der Waals surface area contributed by atoms with Crippen molar-refractivity contribution in [3.05, 3.63) is 58.7 Å². The highest BCUT2D eigenvalue weighted by Gasteiger charge is 2.51. The smallest absolute Gasteiger partial charge is 0.228 e. The number of fused-ring (bicyclic) bond motifs is 5. The molecule has 0 aromatic heterocycles. The molecule has 10 atom stereocenters. The van der Waals surface area contributed by atoms with Crippen molar-refractivity contribution in [2.45, 2.75) is 99.1 Å². The Bertz CT molecular complexity index is 1650. The van der Waals surface area contributed by atoms with Crippen molar-refractivity contribution >= 4 is 5.91 Å². The minimum Gasteiger partial charge on any atom is -0.394 e. The van der Waals surface area contributed by atoms with Gasteiger partial charge in [-0.2, -0.15) is 0 Å². The van der Waals surface area contributed by atoms with Gasteiger partial charge in [0.2, 0.25) is 5.91 Å². The van der Waals surface area contributed by atoms with E-state index in [1.54, 1.807) is 0 Å². The highest BCUT2D eigenvalue weighted by molar-refractivity contribution is 5.86. The van der Waals surface area contributed by atoms with Crippen LogP contribution in [-0.4, -0.2) is 139 Å². The van der Waals surface area contributed by atoms with Crippen LogP contribution in [0.15, 0.2) is 36.4 Å². The SMILES string of the molecule is CC1(C(=O)N2CCC3(CC2)c2cc(C#C[C@H]4O[C@H](CO)[C@@H](O)[C@H](O)[C@@H]4O)ccc2-c2ccc(C#C[C@H]4O[C@H](CO)[C@@H](O)C(O)[C@@H]4O)cc23)CC1. The molecule has 50 heavy (non-hydrogen) atoms. The summed E-state index contributed by atoms with van der Waals surface area (Å²) in [7, 11) is 0. The highest BCUT2D eigenvalue weighted by atomic mass is 16.5. The van der Waals surface area contributed by atoms with Crippen LogP contribution in [-0.2, 0) is 19.7 Å². The zero-order valence-corrected chi connectivity index (χ0v) is 27.6. The zero-order valence-electron chi connectivity index (χ0n) is 27.6. The Morgan fingerprint density at radius 1 is 0.700 bits per heavy atom. The Balaban J connectivity index is 1.22. The number of hydrogen-bond donors (Lipinski definition) is 8. The average Bonchev–Trinajstić information content (AvgIpc) is 3.84. The summed E-state index contributed by atoms with van der Waals surface area (Å²) in [6.07, 6.45) is -10.2. The molecule has 1 amide bonds. The number of benzene rings is 2. The lowest BCUT2D eigenvalue weighted by molar-refractivity contribution is -0.214. The molecule has 12 nitrogen and oxygen atoms in total. The lowest BCUT2D eigenvalue weighted by Gasteiger charge is -2.42. The first-order chi connectivity index (χ1) is 23.9. The third-order valence-electron chi connectivity index (χ3n) is 11.3. The van der Waals surface area contributed by atoms with E-state index in [-0.39, 0.29) is 11.3 Å². The highest BCUT2D eigenvalue weighted by Crippen LogP contribution is 2.55. The molecule has 2 aromatic carbocycles. The first-order valence-electron chi connectivity index (χ1n) is 17.1. The zero-order chi connectivity index (χ0) is 35.5. The van der Waals surface area contributed by atoms with Gasteiger partial charge in [0.15, 0.2) is 0 Å². The second-order valence-electron chi connectivity index (χ2n) is 14.5. The van der Waals surface area contributed by atoms with E-state index in [1.807, 2.05) is 48.2 Å². The van der Waals surface area contributed by atoms with Crippen molar-refractivity contribution in [3.8, 4) is 34.8 Å². The van der Waals surface area contributed by atoms with Crippen LogP contribution >= 0.6 is 0 Å². The molecule has 1 spiro atoms. The monoisotopic (exact) mass is 689 g/mol. The summed E-state index contributed by atoms with van der Waals surface area (Å²) in [5.41, 5.74) is 4.62. The van der Waals surface area contributed by atoms with E-state index in [0.29, 0.717) is 37.1 Å². The lowest BCUT2D eigenvalue weighted by atomic mass is 9.70. The molecule has 3 saturated heterocycles. The molecule has 5 aliphatic rings. The summed E-state index contributed by atoms with van der Waals surface area (Å²) in [5, 5.41) is 80.9. The molecular formula is C38H43NO11. The summed E-state index contributed by atoms with van der Waals surface area (Å²) in [6.45, 7) is 2.05. The Kier molecular flexibility index (Phi) is 9.33. The number of aliphatic hydroxyl groups is 8. The van der Waals surface area contributed by atoms with Crippen molar-refractivity contribution in [2.24, 2.45) is 5.41 Å². The normalized spacial score (nSPS) is 34.9. The molecule has 1 unspecified atom stereocenters. The number of ether oxygens (including phenoxy) is 2. The standard InChI is InChI=1S/C38H43NO11/c1-37(10-11-37)36(48)39-14-12-38(13-15-39)24-16-20(4-8-26-30(42)34(46)32(44)28(18-40)49-26)2-6-22(24)23-7-3-21(17-25(23)38)5-9-27-31(43)35(47)33(45)29(19-41)50-27/h2-3,6-7,16-17,26-35,40-47H,10-15,18-19H2,1H3/t26-,27-,28-,29-,30-,31-,32-,33-,34-,35?/m1/s1. The van der Waals surface area contributed by atoms with Crippen LogP contribution < -0.4 is 0 Å². The lowest BCUT2D eigenvalue weighted by Crippen LogP contribution is -2.58. The summed E-state index contributed by atoms with van der Waals surface area (Å²) in [4.78, 5) is 15.3. The number of piperidine rings is 1. The first kappa shape index (κ1) is 35.1. The number of likely N-dealkylation sites (tertiary alicyclic amines) is 1. The molecule has 12 heteroatoms. The van der Waals surface area contributed by atoms with Gasteiger partial charge in [-0.05, 0) is 72.2 Å². The molecule has 4 fully saturated rings. The molecular weight excluding hydrogens is 646 g/mol. The molecule has 7 rings (SSSR count). The van der Waals surface area contributed by atoms with Crippen LogP contribution in [0.2, 0.25) is 0 Å². The summed E-state index contributed by atoms with van der Waals surface area (Å²) in [5.74, 6) is 12.0. The fourth-order valence-corrected chi connectivity index (χ4v) is 7.81. The van der Waals surface area contributed by atoms with Crippen molar-refractivity contribution in [3.63, 3.8) is 0 Å². The Morgan fingerprint density at radius 2 is 1.14 bits per heavy atom. The molecule has 3 heterocycles. The van der Waals surface area contributed by atoms with Gasteiger partial charge in [-0.3, -0.25) is 4.79 Å². The third kappa shape index (κ3) is 5.94. The van der Waals surface area contributed by atoms with Gasteiger partial charge in [-0.15, -0.1) is 0 Å². The van der Waals surface area contributed by atoms with Gasteiger partial charge in [0.05, 0.1) is 13.2 Å². The van der Waals surface area contributed by atoms with Gasteiger partial charge in [0, 0.05) is 35.0 Å². The van der Waals surface area contributed by atoms with Crippen molar-refractivity contribution in [1.82, 2.24) is 4.90 Å². The largest absolute Gasteiger partial charge is 0.394 e. The van der Waals surface area contributed by atoms with E-state index in [9.17, 15) is 45.6 Å². The second-order valence-corrected chi connectivity index (χ2v) is 14.5. The summed E-state index contributed by atoms with van der Waals surface area (Å²) >= 11 is 0. The fraction of sp³-hybridized carbons (Fsp3) is 0.553. The van der Waals surface area contributed by atoms with Crippen molar-refractivity contribution in [2.75, 3.05) is 26.3 Å². The van der Waals surface area contributed by atoms with E-state index >= 15 is 0 Å². The third-order valence-corrected chi connectivity index (χ3v) is 11.3. The number of carbonyl (C=O) groups excluding carboxylic acids is 1. The van der Waals surface area contributed by atoms with Crippen LogP contribution in [0.1, 0.15) is 54.9 Å².